The maximum Gasteiger partial charge on any atom is 0.412 e. The summed E-state index contributed by atoms with van der Waals surface area (Å²) in [4.78, 5) is 26.4. The number of nitrogens with one attached hydrogen (secondary N) is 4. The number of hydrogen-bond donors (Lipinski definition) is 6. The second-order valence-electron chi connectivity index (χ2n) is 15.2. The molecule has 0 spiro atoms. The quantitative estimate of drug-likeness (QED) is 0.0615. The number of carbonyl (C=O) groups excluding carboxylic acids is 2. The van der Waals surface area contributed by atoms with Crippen LogP contribution in [0.3, 0.4) is 0 Å². The van der Waals surface area contributed by atoms with Gasteiger partial charge in [0.05, 0.1) is 5.41 Å². The van der Waals surface area contributed by atoms with Gasteiger partial charge in [-0.15, -0.1) is 0 Å². The first-order valence-corrected chi connectivity index (χ1v) is 20.0. The van der Waals surface area contributed by atoms with Gasteiger partial charge in [-0.25, -0.2) is 4.79 Å². The number of benzene rings is 1. The molecule has 0 radical (unpaired) electrons. The van der Waals surface area contributed by atoms with Gasteiger partial charge >= 0.3 is 6.09 Å². The van der Waals surface area contributed by atoms with Gasteiger partial charge in [0, 0.05) is 13.1 Å². The van der Waals surface area contributed by atoms with Crippen molar-refractivity contribution in [3.05, 3.63) is 29.3 Å². The highest BCUT2D eigenvalue weighted by molar-refractivity contribution is 5.83. The SMILES string of the molecule is C[C@]1(C(=O)NCCCNCCCCCCCCN)CCC[C@]2(C)c3cc(OC(=O)NCCCNCCCCCCCCN)ccc3CC[C@@H]12. The average molecular weight is 685 g/mol. The Morgan fingerprint density at radius 2 is 1.27 bits per heavy atom. The molecule has 2 amide bonds. The van der Waals surface area contributed by atoms with Crippen LogP contribution < -0.4 is 37.5 Å². The second kappa shape index (κ2) is 23.3. The molecule has 9 heteroatoms. The standard InChI is InChI=1S/C40H72N6O3/c1-39-22-15-23-40(2,37(47)45-30-16-28-43-26-13-9-5-3-7-11-24-41)36(39)21-19-33-18-20-34(32-35(33)39)49-38(48)46-31-17-29-44-27-14-10-6-4-8-12-25-42/h18,20,32,36,43-44H,3-17,19,21-31,41-42H2,1-2H3,(H,45,47)(H,46,48)/t36-,39-,40+/m1/s1. The van der Waals surface area contributed by atoms with Crippen molar-refractivity contribution in [2.75, 3.05) is 52.4 Å². The summed E-state index contributed by atoms with van der Waals surface area (Å²) in [6.07, 6.45) is 21.2. The average Bonchev–Trinajstić information content (AvgIpc) is 3.09. The molecule has 0 bridgehead atoms. The first-order valence-electron chi connectivity index (χ1n) is 20.0. The van der Waals surface area contributed by atoms with Crippen molar-refractivity contribution >= 4 is 12.0 Å². The lowest BCUT2D eigenvalue weighted by atomic mass is 9.49. The van der Waals surface area contributed by atoms with E-state index in [4.69, 9.17) is 16.2 Å². The Hall–Kier alpha value is -2.20. The molecule has 0 saturated heterocycles. The van der Waals surface area contributed by atoms with Crippen LogP contribution in [0.25, 0.3) is 0 Å². The summed E-state index contributed by atoms with van der Waals surface area (Å²) >= 11 is 0. The lowest BCUT2D eigenvalue weighted by molar-refractivity contribution is -0.138. The van der Waals surface area contributed by atoms with Crippen LogP contribution in [0.2, 0.25) is 0 Å². The molecule has 0 heterocycles. The predicted molar refractivity (Wildman–Crippen MR) is 203 cm³/mol. The van der Waals surface area contributed by atoms with Crippen LogP contribution >= 0.6 is 0 Å². The van der Waals surface area contributed by atoms with E-state index in [0.29, 0.717) is 18.8 Å². The van der Waals surface area contributed by atoms with Gasteiger partial charge < -0.3 is 37.5 Å². The molecule has 0 aliphatic heterocycles. The molecule has 2 aliphatic carbocycles. The molecule has 1 saturated carbocycles. The first kappa shape index (κ1) is 41.2. The zero-order valence-electron chi connectivity index (χ0n) is 31.3. The van der Waals surface area contributed by atoms with Crippen LogP contribution in [0, 0.1) is 11.3 Å². The molecule has 1 aromatic rings. The van der Waals surface area contributed by atoms with Gasteiger partial charge in [-0.05, 0) is 138 Å². The number of nitrogens with two attached hydrogens (primary N) is 2. The molecular formula is C40H72N6O3. The van der Waals surface area contributed by atoms with Crippen molar-refractivity contribution < 1.29 is 14.3 Å². The Labute approximate surface area is 298 Å². The minimum absolute atomic E-state index is 0.129. The maximum atomic E-state index is 13.8. The largest absolute Gasteiger partial charge is 0.412 e. The van der Waals surface area contributed by atoms with Gasteiger partial charge in [-0.3, -0.25) is 4.79 Å². The van der Waals surface area contributed by atoms with Crippen molar-refractivity contribution in [1.29, 1.82) is 0 Å². The van der Waals surface area contributed by atoms with E-state index in [-0.39, 0.29) is 17.2 Å². The van der Waals surface area contributed by atoms with Crippen LogP contribution in [-0.4, -0.2) is 64.4 Å². The fourth-order valence-corrected chi connectivity index (χ4v) is 8.39. The van der Waals surface area contributed by atoms with Crippen molar-refractivity contribution in [3.63, 3.8) is 0 Å². The number of aryl methyl sites for hydroxylation is 1. The van der Waals surface area contributed by atoms with E-state index >= 15 is 0 Å². The number of rotatable bonds is 26. The van der Waals surface area contributed by atoms with E-state index in [2.05, 4.69) is 47.2 Å². The smallest absolute Gasteiger partial charge is 0.410 e. The van der Waals surface area contributed by atoms with E-state index in [1.807, 2.05) is 6.07 Å². The molecule has 8 N–H and O–H groups in total. The predicted octanol–water partition coefficient (Wildman–Crippen LogP) is 6.46. The van der Waals surface area contributed by atoms with Crippen molar-refractivity contribution in [2.45, 2.75) is 141 Å². The molecule has 0 aromatic heterocycles. The number of amides is 2. The third-order valence-electron chi connectivity index (χ3n) is 11.3. The van der Waals surface area contributed by atoms with E-state index in [1.54, 1.807) is 0 Å². The minimum atomic E-state index is -0.408. The van der Waals surface area contributed by atoms with Crippen molar-refractivity contribution in [2.24, 2.45) is 22.8 Å². The number of carbonyl (C=O) groups is 2. The Bertz CT molecular complexity index is 1090. The lowest BCUT2D eigenvalue weighted by Crippen LogP contribution is -2.55. The topological polar surface area (TPSA) is 144 Å². The second-order valence-corrected chi connectivity index (χ2v) is 15.2. The number of fused-ring (bicyclic) bond motifs is 3. The third-order valence-corrected chi connectivity index (χ3v) is 11.3. The van der Waals surface area contributed by atoms with Crippen molar-refractivity contribution in [1.82, 2.24) is 21.3 Å². The van der Waals surface area contributed by atoms with Gasteiger partial charge in [-0.2, -0.15) is 0 Å². The van der Waals surface area contributed by atoms with Gasteiger partial charge in [0.1, 0.15) is 5.75 Å². The number of hydrogen-bond acceptors (Lipinski definition) is 7. The van der Waals surface area contributed by atoms with E-state index < -0.39 is 11.5 Å². The van der Waals surface area contributed by atoms with Crippen LogP contribution in [0.4, 0.5) is 4.79 Å². The monoisotopic (exact) mass is 685 g/mol. The zero-order valence-corrected chi connectivity index (χ0v) is 31.3. The highest BCUT2D eigenvalue weighted by atomic mass is 16.6. The van der Waals surface area contributed by atoms with Crippen LogP contribution in [0.1, 0.15) is 141 Å². The summed E-state index contributed by atoms with van der Waals surface area (Å²) in [6, 6.07) is 6.13. The molecule has 280 valence electrons. The molecule has 0 unspecified atom stereocenters. The van der Waals surface area contributed by atoms with Crippen LogP contribution in [-0.2, 0) is 16.6 Å². The lowest BCUT2D eigenvalue weighted by Gasteiger charge is -2.54. The molecule has 1 aromatic carbocycles. The molecule has 3 atom stereocenters. The summed E-state index contributed by atoms with van der Waals surface area (Å²) in [6.45, 7) is 11.3. The first-order chi connectivity index (χ1) is 23.8. The fourth-order valence-electron chi connectivity index (χ4n) is 8.39. The van der Waals surface area contributed by atoms with Crippen molar-refractivity contribution in [3.8, 4) is 5.75 Å². The highest BCUT2D eigenvalue weighted by Crippen LogP contribution is 2.57. The Balaban J connectivity index is 1.38. The summed E-state index contributed by atoms with van der Waals surface area (Å²) in [5, 5.41) is 13.2. The minimum Gasteiger partial charge on any atom is -0.410 e. The molecule has 49 heavy (non-hydrogen) atoms. The maximum absolute atomic E-state index is 13.8. The zero-order chi connectivity index (χ0) is 35.2. The van der Waals surface area contributed by atoms with Gasteiger partial charge in [0.25, 0.3) is 0 Å². The Kier molecular flexibility index (Phi) is 19.6. The number of unbranched alkanes of at least 4 members (excludes halogenated alkanes) is 10. The van der Waals surface area contributed by atoms with E-state index in [9.17, 15) is 9.59 Å². The van der Waals surface area contributed by atoms with Gasteiger partial charge in [-0.1, -0.05) is 77.7 Å². The van der Waals surface area contributed by atoms with Crippen LogP contribution in [0.15, 0.2) is 18.2 Å². The summed E-state index contributed by atoms with van der Waals surface area (Å²) in [5.41, 5.74) is 13.2. The summed E-state index contributed by atoms with van der Waals surface area (Å²) in [7, 11) is 0. The van der Waals surface area contributed by atoms with Gasteiger partial charge in [0.15, 0.2) is 0 Å². The van der Waals surface area contributed by atoms with Gasteiger partial charge in [0.2, 0.25) is 5.91 Å². The Morgan fingerprint density at radius 1 is 0.714 bits per heavy atom. The molecule has 9 nitrogen and oxygen atoms in total. The summed E-state index contributed by atoms with van der Waals surface area (Å²) < 4.78 is 5.76. The molecule has 3 rings (SSSR count). The third kappa shape index (κ3) is 13.8. The molecule has 1 fully saturated rings. The molecular weight excluding hydrogens is 612 g/mol. The van der Waals surface area contributed by atoms with Crippen LogP contribution in [0.5, 0.6) is 5.75 Å². The number of ether oxygens (including phenoxy) is 1. The Morgan fingerprint density at radius 3 is 1.88 bits per heavy atom. The fraction of sp³-hybridized carbons (Fsp3) is 0.800. The summed E-state index contributed by atoms with van der Waals surface area (Å²) in [5.74, 6) is 1.03. The molecule has 2 aliphatic rings. The van der Waals surface area contributed by atoms with E-state index in [1.165, 1.54) is 75.3 Å². The highest BCUT2D eigenvalue weighted by Gasteiger charge is 2.54. The van der Waals surface area contributed by atoms with E-state index in [0.717, 1.165) is 97.1 Å². The normalized spacial score (nSPS) is 21.5.